The van der Waals surface area contributed by atoms with E-state index in [1.807, 2.05) is 19.1 Å². The lowest BCUT2D eigenvalue weighted by Gasteiger charge is -2.41. The van der Waals surface area contributed by atoms with Gasteiger partial charge in [-0.15, -0.1) is 13.2 Å². The fraction of sp³-hybridized carbons (Fsp3) is 0.562. The van der Waals surface area contributed by atoms with Crippen molar-refractivity contribution < 1.29 is 4.79 Å². The molecule has 0 aliphatic heterocycles. The molecule has 1 aliphatic rings. The Labute approximate surface area is 105 Å². The molecule has 1 nitrogen and oxygen atoms in total. The van der Waals surface area contributed by atoms with E-state index in [1.54, 1.807) is 0 Å². The highest BCUT2D eigenvalue weighted by Gasteiger charge is 2.39. The highest BCUT2D eigenvalue weighted by Crippen LogP contribution is 2.46. The van der Waals surface area contributed by atoms with Crippen molar-refractivity contribution in [3.8, 4) is 0 Å². The van der Waals surface area contributed by atoms with Gasteiger partial charge >= 0.3 is 0 Å². The van der Waals surface area contributed by atoms with E-state index in [-0.39, 0.29) is 5.41 Å². The largest absolute Gasteiger partial charge is 0.295 e. The van der Waals surface area contributed by atoms with Crippen molar-refractivity contribution in [3.05, 3.63) is 36.5 Å². The maximum absolute atomic E-state index is 12.0. The number of rotatable bonds is 5. The summed E-state index contributed by atoms with van der Waals surface area (Å²) in [7, 11) is 0. The van der Waals surface area contributed by atoms with Crippen molar-refractivity contribution >= 4 is 5.78 Å². The van der Waals surface area contributed by atoms with E-state index in [0.717, 1.165) is 24.8 Å². The van der Waals surface area contributed by atoms with Gasteiger partial charge in [0.25, 0.3) is 0 Å². The number of carbonyl (C=O) groups is 1. The van der Waals surface area contributed by atoms with Crippen molar-refractivity contribution in [2.75, 3.05) is 0 Å². The van der Waals surface area contributed by atoms with Crippen molar-refractivity contribution in [2.45, 2.75) is 46.5 Å². The summed E-state index contributed by atoms with van der Waals surface area (Å²) in [5.41, 5.74) is 2.34. The van der Waals surface area contributed by atoms with Gasteiger partial charge in [0.1, 0.15) is 0 Å². The Morgan fingerprint density at radius 1 is 1.35 bits per heavy atom. The lowest BCUT2D eigenvalue weighted by Crippen LogP contribution is -2.34. The Morgan fingerprint density at radius 2 is 2.00 bits per heavy atom. The third-order valence-electron chi connectivity index (χ3n) is 4.17. The highest BCUT2D eigenvalue weighted by atomic mass is 16.1. The molecule has 17 heavy (non-hydrogen) atoms. The lowest BCUT2D eigenvalue weighted by molar-refractivity contribution is -0.118. The number of allylic oxidation sites excluding steroid dienone is 4. The van der Waals surface area contributed by atoms with Crippen LogP contribution in [0.2, 0.25) is 0 Å². The molecule has 0 saturated carbocycles. The Morgan fingerprint density at radius 3 is 2.53 bits per heavy atom. The Balaban J connectivity index is 3.05. The summed E-state index contributed by atoms with van der Waals surface area (Å²) >= 11 is 0. The van der Waals surface area contributed by atoms with E-state index < -0.39 is 0 Å². The van der Waals surface area contributed by atoms with Gasteiger partial charge in [-0.3, -0.25) is 4.79 Å². The van der Waals surface area contributed by atoms with Gasteiger partial charge in [0, 0.05) is 6.42 Å². The molecular formula is C16H24O. The zero-order valence-electron chi connectivity index (χ0n) is 11.4. The van der Waals surface area contributed by atoms with E-state index in [0.29, 0.717) is 18.1 Å². The van der Waals surface area contributed by atoms with Crippen LogP contribution in [0.15, 0.2) is 36.5 Å². The fourth-order valence-electron chi connectivity index (χ4n) is 2.87. The maximum atomic E-state index is 12.0. The van der Waals surface area contributed by atoms with Crippen molar-refractivity contribution in [1.29, 1.82) is 0 Å². The van der Waals surface area contributed by atoms with E-state index in [9.17, 15) is 4.79 Å². The molecule has 0 fully saturated rings. The first-order valence-corrected chi connectivity index (χ1v) is 6.40. The zero-order chi connectivity index (χ0) is 13.1. The summed E-state index contributed by atoms with van der Waals surface area (Å²) in [5, 5.41) is 0. The maximum Gasteiger partial charge on any atom is 0.158 e. The van der Waals surface area contributed by atoms with Crippen LogP contribution in [0.25, 0.3) is 0 Å². The number of ketones is 1. The van der Waals surface area contributed by atoms with Gasteiger partial charge < -0.3 is 0 Å². The Hall–Kier alpha value is -1.11. The van der Waals surface area contributed by atoms with Gasteiger partial charge in [0.2, 0.25) is 0 Å². The first-order chi connectivity index (χ1) is 7.95. The zero-order valence-corrected chi connectivity index (χ0v) is 11.4. The van der Waals surface area contributed by atoms with Crippen molar-refractivity contribution in [3.63, 3.8) is 0 Å². The molecule has 1 atom stereocenters. The normalized spacial score (nSPS) is 23.7. The lowest BCUT2D eigenvalue weighted by atomic mass is 9.63. The standard InChI is InChI=1S/C16H24O/c1-6-8-10-13-11-15(17)12(3)14(9-7-2)16(13,4)5/h6-7,13H,1-2,8-11H2,3-5H3/t13-/m1/s1. The molecule has 0 aromatic heterocycles. The van der Waals surface area contributed by atoms with Crippen LogP contribution in [0.3, 0.4) is 0 Å². The average Bonchev–Trinajstić information content (AvgIpc) is 2.28. The molecule has 0 saturated heterocycles. The third kappa shape index (κ3) is 2.77. The van der Waals surface area contributed by atoms with Crippen molar-refractivity contribution in [1.82, 2.24) is 0 Å². The van der Waals surface area contributed by atoms with Gasteiger partial charge in [0.15, 0.2) is 5.78 Å². The van der Waals surface area contributed by atoms with Crippen LogP contribution in [0.4, 0.5) is 0 Å². The van der Waals surface area contributed by atoms with Crippen LogP contribution in [-0.2, 0) is 4.79 Å². The SMILES string of the molecule is C=CCC[C@@H]1CC(=O)C(C)=C(CC=C)C1(C)C. The number of hydrogen-bond acceptors (Lipinski definition) is 1. The average molecular weight is 232 g/mol. The molecule has 0 unspecified atom stereocenters. The summed E-state index contributed by atoms with van der Waals surface area (Å²) < 4.78 is 0. The molecule has 0 N–H and O–H groups in total. The fourth-order valence-corrected chi connectivity index (χ4v) is 2.87. The monoisotopic (exact) mass is 232 g/mol. The van der Waals surface area contributed by atoms with Crippen molar-refractivity contribution in [2.24, 2.45) is 11.3 Å². The van der Waals surface area contributed by atoms with E-state index >= 15 is 0 Å². The molecule has 94 valence electrons. The smallest absolute Gasteiger partial charge is 0.158 e. The second-order valence-corrected chi connectivity index (χ2v) is 5.51. The number of carbonyl (C=O) groups excluding carboxylic acids is 1. The van der Waals surface area contributed by atoms with Gasteiger partial charge in [0.05, 0.1) is 0 Å². The molecular weight excluding hydrogens is 208 g/mol. The second-order valence-electron chi connectivity index (χ2n) is 5.51. The predicted octanol–water partition coefficient (Wildman–Crippen LogP) is 4.46. The topological polar surface area (TPSA) is 17.1 Å². The molecule has 0 spiro atoms. The van der Waals surface area contributed by atoms with Gasteiger partial charge in [-0.25, -0.2) is 0 Å². The summed E-state index contributed by atoms with van der Waals surface area (Å²) in [5.74, 6) is 0.752. The van der Waals surface area contributed by atoms with Crippen LogP contribution in [0.1, 0.15) is 46.5 Å². The van der Waals surface area contributed by atoms with Crippen LogP contribution in [0, 0.1) is 11.3 Å². The van der Waals surface area contributed by atoms with Crippen LogP contribution in [0.5, 0.6) is 0 Å². The number of hydrogen-bond donors (Lipinski definition) is 0. The van der Waals surface area contributed by atoms with Gasteiger partial charge in [-0.05, 0) is 43.1 Å². The Bertz CT molecular complexity index is 358. The van der Waals surface area contributed by atoms with E-state index in [2.05, 4.69) is 27.0 Å². The predicted molar refractivity (Wildman–Crippen MR) is 73.8 cm³/mol. The minimum Gasteiger partial charge on any atom is -0.295 e. The van der Waals surface area contributed by atoms with Crippen LogP contribution >= 0.6 is 0 Å². The third-order valence-corrected chi connectivity index (χ3v) is 4.17. The summed E-state index contributed by atoms with van der Waals surface area (Å²) in [6.45, 7) is 14.1. The molecule has 0 heterocycles. The van der Waals surface area contributed by atoms with E-state index in [4.69, 9.17) is 0 Å². The second kappa shape index (κ2) is 5.48. The van der Waals surface area contributed by atoms with Crippen LogP contribution in [-0.4, -0.2) is 5.78 Å². The molecule has 0 aromatic rings. The molecule has 0 amide bonds. The minimum atomic E-state index is 0.106. The summed E-state index contributed by atoms with van der Waals surface area (Å²) in [4.78, 5) is 12.0. The van der Waals surface area contributed by atoms with E-state index in [1.165, 1.54) is 5.57 Å². The minimum absolute atomic E-state index is 0.106. The molecule has 0 bridgehead atoms. The molecule has 1 rings (SSSR count). The molecule has 1 aliphatic carbocycles. The van der Waals surface area contributed by atoms with Gasteiger partial charge in [-0.2, -0.15) is 0 Å². The Kier molecular flexibility index (Phi) is 4.50. The first-order valence-electron chi connectivity index (χ1n) is 6.40. The summed E-state index contributed by atoms with van der Waals surface area (Å²) in [6.07, 6.45) is 7.41. The molecule has 0 aromatic carbocycles. The van der Waals surface area contributed by atoms with Crippen LogP contribution < -0.4 is 0 Å². The first kappa shape index (κ1) is 14.0. The molecule has 1 heteroatoms. The summed E-state index contributed by atoms with van der Waals surface area (Å²) in [6, 6.07) is 0. The van der Waals surface area contributed by atoms with Gasteiger partial charge in [-0.1, -0.05) is 31.6 Å². The molecule has 0 radical (unpaired) electrons. The number of Topliss-reactive ketones (excluding diaryl/α,β-unsaturated/α-hetero) is 1. The quantitative estimate of drug-likeness (QED) is 0.640. The highest BCUT2D eigenvalue weighted by molar-refractivity contribution is 5.97.